The number of methoxy groups -OCH3 is 1. The van der Waals surface area contributed by atoms with Crippen LogP contribution >= 0.6 is 0 Å². The van der Waals surface area contributed by atoms with Gasteiger partial charge in [-0.15, -0.1) is 10.2 Å². The maximum Gasteiger partial charge on any atom is 0.255 e. The fourth-order valence-corrected chi connectivity index (χ4v) is 8.50. The molecule has 0 bridgehead atoms. The third-order valence-electron chi connectivity index (χ3n) is 11.5. The van der Waals surface area contributed by atoms with Crippen molar-refractivity contribution >= 4 is 52.7 Å². The highest BCUT2D eigenvalue weighted by atomic mass is 16.5. The SMILES string of the molecule is CC[C@@H]1c2nncn2-c2cnc(Nc3ccc(C(=O)NCCOCCOCCC(=O)Nc4cccc5c4CN(C4CCC(=O)NC4=O)C5=O)cc3OC)nc2N1C1CCCC1. The summed E-state index contributed by atoms with van der Waals surface area (Å²) in [6.45, 7) is 3.49. The smallest absolute Gasteiger partial charge is 0.255 e. The van der Waals surface area contributed by atoms with Gasteiger partial charge < -0.3 is 40.0 Å². The van der Waals surface area contributed by atoms with Crippen LogP contribution in [-0.2, 0) is 30.4 Å². The molecule has 2 atom stereocenters. The summed E-state index contributed by atoms with van der Waals surface area (Å²) in [5.41, 5.74) is 3.39. The van der Waals surface area contributed by atoms with E-state index >= 15 is 0 Å². The number of piperidine rings is 1. The fourth-order valence-electron chi connectivity index (χ4n) is 8.50. The number of rotatable bonds is 17. The van der Waals surface area contributed by atoms with E-state index in [9.17, 15) is 24.0 Å². The van der Waals surface area contributed by atoms with Crippen molar-refractivity contribution in [3.63, 3.8) is 0 Å². The van der Waals surface area contributed by atoms with Crippen molar-refractivity contribution in [2.75, 3.05) is 55.6 Å². The van der Waals surface area contributed by atoms with Crippen LogP contribution in [0.25, 0.3) is 5.69 Å². The van der Waals surface area contributed by atoms with Crippen LogP contribution in [0.4, 0.5) is 23.1 Å². The van der Waals surface area contributed by atoms with E-state index in [4.69, 9.17) is 19.2 Å². The first-order chi connectivity index (χ1) is 29.7. The predicted octanol–water partition coefficient (Wildman–Crippen LogP) is 3.58. The lowest BCUT2D eigenvalue weighted by Gasteiger charge is -2.40. The Morgan fingerprint density at radius 2 is 1.80 bits per heavy atom. The molecule has 1 saturated heterocycles. The average Bonchev–Trinajstić information content (AvgIpc) is 4.05. The number of amides is 5. The van der Waals surface area contributed by atoms with Gasteiger partial charge in [0.15, 0.2) is 11.6 Å². The summed E-state index contributed by atoms with van der Waals surface area (Å²) in [5.74, 6) is 0.856. The van der Waals surface area contributed by atoms with Gasteiger partial charge in [0, 0.05) is 47.9 Å². The minimum atomic E-state index is -0.740. The highest BCUT2D eigenvalue weighted by Crippen LogP contribution is 2.43. The van der Waals surface area contributed by atoms with Gasteiger partial charge in [0.2, 0.25) is 23.7 Å². The summed E-state index contributed by atoms with van der Waals surface area (Å²) < 4.78 is 18.8. The van der Waals surface area contributed by atoms with Crippen LogP contribution in [0.5, 0.6) is 5.75 Å². The second-order valence-corrected chi connectivity index (χ2v) is 15.3. The Kier molecular flexibility index (Phi) is 12.5. The highest BCUT2D eigenvalue weighted by molar-refractivity contribution is 6.06. The van der Waals surface area contributed by atoms with Gasteiger partial charge in [0.25, 0.3) is 11.8 Å². The molecule has 4 aromatic rings. The maximum absolute atomic E-state index is 13.1. The number of aromatic nitrogens is 5. The second kappa shape index (κ2) is 18.4. The zero-order valence-electron chi connectivity index (χ0n) is 34.1. The standard InChI is InChI=1S/C42H49N11O8/c1-3-31-38-50-45-24-52(38)33-22-44-42(49-37(33)53(31)26-7-4-5-8-26)47-30-12-11-25(21-34(30)59-2)39(56)43-16-18-61-20-19-60-17-15-36(55)46-29-10-6-9-27-28(29)23-51(41(27)58)32-13-14-35(54)48-40(32)57/h6,9-12,21-22,24,26,31-32H,3-5,7-8,13-20,23H2,1-2H3,(H,43,56)(H,46,55)(H,44,47,49)(H,48,54,57)/t31-,32?/m1/s1. The maximum atomic E-state index is 13.1. The molecule has 4 N–H and O–H groups in total. The molecule has 5 heterocycles. The lowest BCUT2D eigenvalue weighted by molar-refractivity contribution is -0.137. The predicted molar refractivity (Wildman–Crippen MR) is 221 cm³/mol. The highest BCUT2D eigenvalue weighted by Gasteiger charge is 2.41. The first-order valence-corrected chi connectivity index (χ1v) is 20.7. The Bertz CT molecular complexity index is 2310. The largest absolute Gasteiger partial charge is 0.495 e. The third kappa shape index (κ3) is 8.74. The van der Waals surface area contributed by atoms with E-state index in [1.165, 1.54) is 24.9 Å². The molecule has 0 radical (unpaired) electrons. The average molecular weight is 836 g/mol. The van der Waals surface area contributed by atoms with Crippen molar-refractivity contribution in [2.24, 2.45) is 0 Å². The Hall–Kier alpha value is -6.47. The lowest BCUT2D eigenvalue weighted by Crippen LogP contribution is -2.52. The Labute approximate surface area is 351 Å². The minimum Gasteiger partial charge on any atom is -0.495 e. The van der Waals surface area contributed by atoms with Gasteiger partial charge in [-0.2, -0.15) is 4.98 Å². The number of nitrogens with zero attached hydrogens (tertiary/aromatic N) is 7. The van der Waals surface area contributed by atoms with E-state index in [-0.39, 0.29) is 88.5 Å². The van der Waals surface area contributed by atoms with Crippen molar-refractivity contribution in [1.82, 2.24) is 40.3 Å². The summed E-state index contributed by atoms with van der Waals surface area (Å²) >= 11 is 0. The number of fused-ring (bicyclic) bond motifs is 4. The van der Waals surface area contributed by atoms with Crippen LogP contribution in [0.3, 0.4) is 0 Å². The van der Waals surface area contributed by atoms with Crippen LogP contribution in [0.1, 0.15) is 96.4 Å². The molecular weight excluding hydrogens is 787 g/mol. The number of benzene rings is 2. The number of ether oxygens (including phenoxy) is 3. The number of carbonyl (C=O) groups is 5. The van der Waals surface area contributed by atoms with Gasteiger partial charge in [-0.3, -0.25) is 33.9 Å². The van der Waals surface area contributed by atoms with Crippen molar-refractivity contribution in [3.05, 3.63) is 71.4 Å². The fraction of sp³-hybridized carbons (Fsp3) is 0.452. The second-order valence-electron chi connectivity index (χ2n) is 15.3. The summed E-state index contributed by atoms with van der Waals surface area (Å²) in [4.78, 5) is 76.2. The Morgan fingerprint density at radius 1 is 0.984 bits per heavy atom. The van der Waals surface area contributed by atoms with Gasteiger partial charge in [-0.05, 0) is 56.0 Å². The van der Waals surface area contributed by atoms with Crippen LogP contribution in [0.15, 0.2) is 48.9 Å². The van der Waals surface area contributed by atoms with Crippen molar-refractivity contribution in [2.45, 2.75) is 83.0 Å². The molecule has 5 amide bonds. The molecule has 1 aliphatic carbocycles. The van der Waals surface area contributed by atoms with Crippen LogP contribution in [0.2, 0.25) is 0 Å². The van der Waals surface area contributed by atoms with Crippen molar-refractivity contribution in [1.29, 1.82) is 0 Å². The third-order valence-corrected chi connectivity index (χ3v) is 11.5. The number of hydrogen-bond donors (Lipinski definition) is 4. The lowest BCUT2D eigenvalue weighted by atomic mass is 10.0. The molecule has 2 aromatic heterocycles. The first-order valence-electron chi connectivity index (χ1n) is 20.7. The van der Waals surface area contributed by atoms with E-state index in [1.807, 2.05) is 4.57 Å². The number of carbonyl (C=O) groups excluding carboxylic acids is 5. The van der Waals surface area contributed by atoms with Gasteiger partial charge in [-0.1, -0.05) is 25.8 Å². The minimum absolute atomic E-state index is 0.0569. The van der Waals surface area contributed by atoms with Crippen LogP contribution < -0.4 is 30.9 Å². The molecule has 0 spiro atoms. The number of anilines is 4. The number of hydrogen-bond acceptors (Lipinski definition) is 14. The first kappa shape index (κ1) is 41.3. The molecule has 1 unspecified atom stereocenters. The van der Waals surface area contributed by atoms with Gasteiger partial charge in [0.1, 0.15) is 23.8 Å². The van der Waals surface area contributed by atoms with Gasteiger partial charge >= 0.3 is 0 Å². The Balaban J connectivity index is 0.758. The topological polar surface area (TPSA) is 224 Å². The van der Waals surface area contributed by atoms with E-state index in [2.05, 4.69) is 48.3 Å². The monoisotopic (exact) mass is 835 g/mol. The van der Waals surface area contributed by atoms with E-state index in [0.29, 0.717) is 45.8 Å². The number of nitrogens with one attached hydrogen (secondary N) is 4. The molecule has 320 valence electrons. The molecule has 19 heteroatoms. The molecular formula is C42H49N11O8. The molecule has 1 saturated carbocycles. The summed E-state index contributed by atoms with van der Waals surface area (Å²) in [6, 6.07) is 9.84. The van der Waals surface area contributed by atoms with Crippen molar-refractivity contribution in [3.8, 4) is 11.4 Å². The molecule has 2 aromatic carbocycles. The van der Waals surface area contributed by atoms with Gasteiger partial charge in [0.05, 0.1) is 57.9 Å². The number of imide groups is 1. The van der Waals surface area contributed by atoms with E-state index in [0.717, 1.165) is 36.6 Å². The van der Waals surface area contributed by atoms with E-state index in [1.54, 1.807) is 48.9 Å². The Morgan fingerprint density at radius 3 is 2.59 bits per heavy atom. The zero-order chi connectivity index (χ0) is 42.5. The van der Waals surface area contributed by atoms with Gasteiger partial charge in [-0.25, -0.2) is 4.98 Å². The molecule has 19 nitrogen and oxygen atoms in total. The quantitative estimate of drug-likeness (QED) is 0.0882. The summed E-state index contributed by atoms with van der Waals surface area (Å²) in [6.07, 6.45) is 9.42. The molecule has 8 rings (SSSR count). The molecule has 3 aliphatic heterocycles. The normalized spacial score (nSPS) is 18.4. The summed E-state index contributed by atoms with van der Waals surface area (Å²) in [7, 11) is 1.54. The summed E-state index contributed by atoms with van der Waals surface area (Å²) in [5, 5.41) is 19.9. The molecule has 61 heavy (non-hydrogen) atoms. The zero-order valence-corrected chi connectivity index (χ0v) is 34.1. The van der Waals surface area contributed by atoms with Crippen LogP contribution in [-0.4, -0.2) is 111 Å². The molecule has 2 fully saturated rings. The molecule has 4 aliphatic rings. The van der Waals surface area contributed by atoms with Crippen molar-refractivity contribution < 1.29 is 38.2 Å². The van der Waals surface area contributed by atoms with Crippen LogP contribution in [0, 0.1) is 0 Å². The van der Waals surface area contributed by atoms with E-state index < -0.39 is 11.9 Å².